The predicted octanol–water partition coefficient (Wildman–Crippen LogP) is 5.65. The monoisotopic (exact) mass is 1420 g/mol. The van der Waals surface area contributed by atoms with Crippen LogP contribution < -0.4 is 21.3 Å². The van der Waals surface area contributed by atoms with E-state index in [0.717, 1.165) is 81.9 Å². The van der Waals surface area contributed by atoms with Crippen LogP contribution in [0.5, 0.6) is 0 Å². The number of benzene rings is 1. The summed E-state index contributed by atoms with van der Waals surface area (Å²) in [5.41, 5.74) is -2.73. The van der Waals surface area contributed by atoms with Crippen molar-refractivity contribution in [2.45, 2.75) is 224 Å². The number of alkyl halides is 5. The summed E-state index contributed by atoms with van der Waals surface area (Å²) in [4.78, 5) is 185. The number of hydrogen-bond acceptors (Lipinski definition) is 12. The summed E-state index contributed by atoms with van der Waals surface area (Å²) in [7, 11) is 9.37. The van der Waals surface area contributed by atoms with Crippen molar-refractivity contribution in [3.05, 3.63) is 34.3 Å². The summed E-state index contributed by atoms with van der Waals surface area (Å²) in [6, 6.07) is -6.25. The second-order valence-electron chi connectivity index (χ2n) is 28.8. The number of nitrogens with one attached hydrogen (secondary N) is 4. The lowest BCUT2D eigenvalue weighted by Crippen LogP contribution is -2.65. The molecular weight excluding hydrogens is 1320 g/mol. The average molecular weight is 1430 g/mol. The van der Waals surface area contributed by atoms with Crippen LogP contribution in [0.2, 0.25) is 5.02 Å². The second kappa shape index (κ2) is 35.9. The quantitative estimate of drug-likeness (QED) is 0.185. The third kappa shape index (κ3) is 22.4. The zero-order valence-corrected chi connectivity index (χ0v) is 60.8. The number of amides is 12. The zero-order valence-electron chi connectivity index (χ0n) is 60.1. The summed E-state index contributed by atoms with van der Waals surface area (Å²) in [5, 5.41) is 10.5. The summed E-state index contributed by atoms with van der Waals surface area (Å²) < 4.78 is 70.7. The average Bonchev–Trinajstić information content (AvgIpc) is 1.75. The van der Waals surface area contributed by atoms with Crippen molar-refractivity contribution in [3.8, 4) is 0 Å². The van der Waals surface area contributed by atoms with Crippen molar-refractivity contribution in [1.82, 2.24) is 60.5 Å². The fourth-order valence-corrected chi connectivity index (χ4v) is 14.0. The molecule has 0 unspecified atom stereocenters. The molecule has 4 aliphatic rings. The van der Waals surface area contributed by atoms with Crippen LogP contribution in [-0.2, 0) is 70.1 Å². The molecule has 1 aromatic carbocycles. The Bertz CT molecular complexity index is 3060. The van der Waals surface area contributed by atoms with Gasteiger partial charge in [0.1, 0.15) is 41.8 Å². The molecule has 2 heterocycles. The number of halogens is 6. The predicted molar refractivity (Wildman–Crippen MR) is 360 cm³/mol. The van der Waals surface area contributed by atoms with E-state index in [9.17, 15) is 65.1 Å². The Hall–Kier alpha value is -7.20. The van der Waals surface area contributed by atoms with Gasteiger partial charge in [-0.25, -0.2) is 8.78 Å². The van der Waals surface area contributed by atoms with Crippen molar-refractivity contribution < 1.29 is 79.5 Å². The maximum Gasteiger partial charge on any atom is 0.417 e. The van der Waals surface area contributed by atoms with Gasteiger partial charge in [0.15, 0.2) is 0 Å². The molecule has 2 aliphatic heterocycles. The Morgan fingerprint density at radius 2 is 1.23 bits per heavy atom. The maximum absolute atomic E-state index is 15.3. The van der Waals surface area contributed by atoms with Gasteiger partial charge < -0.3 is 60.5 Å². The molecule has 1 spiro atoms. The van der Waals surface area contributed by atoms with Crippen LogP contribution in [0.1, 0.15) is 169 Å². The molecule has 2 saturated heterocycles. The van der Waals surface area contributed by atoms with Crippen molar-refractivity contribution in [3.63, 3.8) is 0 Å². The van der Waals surface area contributed by atoms with Crippen molar-refractivity contribution in [2.75, 3.05) is 82.1 Å². The van der Waals surface area contributed by atoms with Gasteiger partial charge in [-0.2, -0.15) is 13.2 Å². The molecule has 8 atom stereocenters. The number of hydrogen-bond donors (Lipinski definition) is 4. The van der Waals surface area contributed by atoms with Gasteiger partial charge >= 0.3 is 6.18 Å². The number of aryl methyl sites for hydroxylation is 1. The third-order valence-corrected chi connectivity index (χ3v) is 20.4. The molecule has 5 rings (SSSR count). The molecule has 24 nitrogen and oxygen atoms in total. The molecule has 0 radical (unpaired) electrons. The Balaban J connectivity index is 1.63. The number of likely N-dealkylation sites (tertiary alicyclic amines) is 1. The summed E-state index contributed by atoms with van der Waals surface area (Å²) in [5.74, 6) is -13.5. The minimum Gasteiger partial charge on any atom is -0.351 e. The van der Waals surface area contributed by atoms with Crippen molar-refractivity contribution in [2.24, 2.45) is 23.7 Å². The van der Waals surface area contributed by atoms with E-state index in [0.29, 0.717) is 19.3 Å². The number of rotatable bonds is 12. The molecule has 4 N–H and O–H groups in total. The lowest BCUT2D eigenvalue weighted by Gasteiger charge is -2.40. The van der Waals surface area contributed by atoms with Crippen LogP contribution in [0.15, 0.2) is 18.2 Å². The second-order valence-corrected chi connectivity index (χ2v) is 29.2. The van der Waals surface area contributed by atoms with Crippen LogP contribution in [-0.4, -0.2) is 246 Å². The van der Waals surface area contributed by atoms with Crippen LogP contribution >= 0.6 is 11.6 Å². The van der Waals surface area contributed by atoms with Crippen LogP contribution in [0.3, 0.4) is 0 Å². The first-order chi connectivity index (χ1) is 46.1. The minimum absolute atomic E-state index is 0.0159. The summed E-state index contributed by atoms with van der Waals surface area (Å²) >= 11 is 6.13. The number of nitrogens with zero attached hydrogens (tertiary/aromatic N) is 8. The highest BCUT2D eigenvalue weighted by Gasteiger charge is 2.50. The lowest BCUT2D eigenvalue weighted by molar-refractivity contribution is -0.151. The van der Waals surface area contributed by atoms with E-state index < -0.39 is 212 Å². The van der Waals surface area contributed by atoms with Gasteiger partial charge in [-0.05, 0) is 86.8 Å². The number of carbonyl (C=O) groups excluding carboxylic acids is 12. The highest BCUT2D eigenvalue weighted by molar-refractivity contribution is 6.31. The number of carbonyl (C=O) groups is 12. The van der Waals surface area contributed by atoms with Gasteiger partial charge in [0, 0.05) is 87.7 Å². The molecule has 0 aromatic heterocycles. The minimum atomic E-state index is -4.83. The largest absolute Gasteiger partial charge is 0.417 e. The fraction of sp³-hybridized carbons (Fsp3) is 0.739. The highest BCUT2D eigenvalue weighted by atomic mass is 35.5. The smallest absolute Gasteiger partial charge is 0.351 e. The van der Waals surface area contributed by atoms with Crippen molar-refractivity contribution >= 4 is 82.5 Å². The number of likely N-dealkylation sites (N-methyl/N-ethyl adjacent to an activating group) is 7. The van der Waals surface area contributed by atoms with Crippen molar-refractivity contribution in [1.29, 1.82) is 0 Å². The van der Waals surface area contributed by atoms with Gasteiger partial charge in [-0.15, -0.1) is 0 Å². The van der Waals surface area contributed by atoms with Gasteiger partial charge in [-0.3, -0.25) is 57.5 Å². The van der Waals surface area contributed by atoms with E-state index in [1.54, 1.807) is 27.7 Å². The SMILES string of the molecule is CC[C@H](C)[C@@H]1NC(=O)[C@H](CC(C)C)N(C)C(=O)C[C@@H](C)NC(=O)[C@H](C(C)C)N(C)C(=O)C2(CCCC2)NC(=O)[C@H](CC(=O)N2CCC(F)(F)CC2)N(C)C(=O)[C@H](CCc2ccc(C(F)(F)F)c(Cl)c2)NC(=O)CN(C)C(=O)[C@H](CC2CCCCC2)N(C)C(=O)CN(C)C(=O)CN(C)C1=O. The van der Waals surface area contributed by atoms with E-state index in [-0.39, 0.29) is 55.9 Å². The highest BCUT2D eigenvalue weighted by Crippen LogP contribution is 2.37. The topological polar surface area (TPSA) is 279 Å². The van der Waals surface area contributed by atoms with Crippen LogP contribution in [0.4, 0.5) is 22.0 Å². The van der Waals surface area contributed by atoms with Gasteiger partial charge in [-0.1, -0.05) is 111 Å². The van der Waals surface area contributed by atoms with E-state index in [2.05, 4.69) is 21.3 Å². The maximum atomic E-state index is 15.3. The van der Waals surface area contributed by atoms with E-state index in [1.165, 1.54) is 57.0 Å². The van der Waals surface area contributed by atoms with Gasteiger partial charge in [0.2, 0.25) is 70.9 Å². The molecule has 2 saturated carbocycles. The Morgan fingerprint density at radius 3 is 1.80 bits per heavy atom. The van der Waals surface area contributed by atoms with Crippen LogP contribution in [0.25, 0.3) is 0 Å². The van der Waals surface area contributed by atoms with Gasteiger partial charge in [0.05, 0.1) is 36.6 Å². The standard InChI is InChI=1S/C69H106ClF5N12O12/c1-15-43(6)58-65(98)82(10)39-56(91)80(8)40-57(92)84(12)52(36-45-21-17-16-18-22-45)64(97)81(9)38-53(88)77-49(26-24-46-23-25-47(48(70)35-46)69(73,74)75)63(96)85(13)51(37-55(90)87-31-29-68(71,72)30-32-87)61(94)79-67(27-19-20-28-67)66(99)86(14)59(42(4)5)62(95)76-44(7)34-54(89)83(11)50(33-41(2)3)60(93)78-58/h23,25,35,41-45,49-52,58-59H,15-22,24,26-34,36-40H2,1-14H3,(H,76,95)(H,77,88)(H,78,93)(H,79,94)/t43-,44+,49-,50-,51-,52-,58-,59-/m0/s1. The molecule has 1 aromatic rings. The lowest BCUT2D eigenvalue weighted by atomic mass is 9.84. The fourth-order valence-electron chi connectivity index (χ4n) is 13.7. The Morgan fingerprint density at radius 1 is 0.646 bits per heavy atom. The normalized spacial score (nSPS) is 25.9. The first-order valence-electron chi connectivity index (χ1n) is 34.7. The van der Waals surface area contributed by atoms with E-state index in [4.69, 9.17) is 11.6 Å². The Labute approximate surface area is 584 Å². The molecule has 2 aliphatic carbocycles. The zero-order chi connectivity index (χ0) is 74.3. The molecule has 556 valence electrons. The first-order valence-corrected chi connectivity index (χ1v) is 35.0. The first kappa shape index (κ1) is 82.5. The number of piperidine rings is 1. The molecular formula is C69H106ClF5N12O12. The van der Waals surface area contributed by atoms with Gasteiger partial charge in [0.25, 0.3) is 5.92 Å². The molecule has 30 heteroatoms. The summed E-state index contributed by atoms with van der Waals surface area (Å²) in [6.45, 7) is 9.53. The van der Waals surface area contributed by atoms with E-state index >= 15 is 14.4 Å². The summed E-state index contributed by atoms with van der Waals surface area (Å²) in [6.07, 6.45) is -2.35. The molecule has 0 bridgehead atoms. The molecule has 4 fully saturated rings. The van der Waals surface area contributed by atoms with Crippen LogP contribution in [0, 0.1) is 23.7 Å². The molecule has 99 heavy (non-hydrogen) atoms. The van der Waals surface area contributed by atoms with E-state index in [1.807, 2.05) is 20.8 Å². The third-order valence-electron chi connectivity index (χ3n) is 20.1. The Kier molecular flexibility index (Phi) is 29.9. The molecule has 12 amide bonds.